The molecule has 0 unspecified atom stereocenters. The molecule has 0 aliphatic carbocycles. The van der Waals surface area contributed by atoms with Crippen molar-refractivity contribution in [2.24, 2.45) is 0 Å². The van der Waals surface area contributed by atoms with Crippen LogP contribution >= 0.6 is 18.9 Å². The van der Waals surface area contributed by atoms with E-state index in [2.05, 4.69) is 65.0 Å². The molecule has 61 heavy (non-hydrogen) atoms. The number of rotatable bonds is 8. The van der Waals surface area contributed by atoms with Gasteiger partial charge < -0.3 is 4.57 Å². The van der Waals surface area contributed by atoms with Gasteiger partial charge in [0.15, 0.2) is 13.0 Å². The predicted molar refractivity (Wildman–Crippen MR) is 252 cm³/mol. The van der Waals surface area contributed by atoms with Gasteiger partial charge in [-0.2, -0.15) is 8.75 Å². The largest absolute Gasteiger partial charge is 0.309 e. The molecule has 0 radical (unpaired) electrons. The average Bonchev–Trinajstić information content (AvgIpc) is 3.84. The molecule has 288 valence electrons. The Labute approximate surface area is 356 Å². The minimum Gasteiger partial charge on any atom is -0.309 e. The first-order valence-corrected chi connectivity index (χ1v) is 22.5. The van der Waals surface area contributed by atoms with E-state index in [1.54, 1.807) is 0 Å². The van der Waals surface area contributed by atoms with Crippen LogP contribution in [0.3, 0.4) is 0 Å². The zero-order valence-corrected chi connectivity index (χ0v) is 34.3. The highest BCUT2D eigenvalue weighted by atomic mass is 32.1. The Kier molecular flexibility index (Phi) is 9.19. The number of aromatic nitrogens is 5. The average molecular weight is 820 g/mol. The van der Waals surface area contributed by atoms with Crippen molar-refractivity contribution in [2.75, 3.05) is 0 Å². The van der Waals surface area contributed by atoms with Crippen LogP contribution in [0.2, 0.25) is 0 Å². The molecule has 0 saturated heterocycles. The highest BCUT2D eigenvalue weighted by molar-refractivity contribution is 7.85. The molecule has 0 fully saturated rings. The molecule has 0 aliphatic rings. The van der Waals surface area contributed by atoms with Gasteiger partial charge in [0.2, 0.25) is 0 Å². The van der Waals surface area contributed by atoms with Crippen LogP contribution in [-0.2, 0) is 4.57 Å². The van der Waals surface area contributed by atoms with Crippen molar-refractivity contribution >= 4 is 67.5 Å². The van der Waals surface area contributed by atoms with E-state index < -0.39 is 7.14 Å². The van der Waals surface area contributed by atoms with Crippen molar-refractivity contribution in [2.45, 2.75) is 0 Å². The second-order valence-corrected chi connectivity index (χ2v) is 18.2. The lowest BCUT2D eigenvalue weighted by molar-refractivity contribution is 0.592. The van der Waals surface area contributed by atoms with E-state index in [1.807, 2.05) is 146 Å². The highest BCUT2D eigenvalue weighted by Crippen LogP contribution is 2.43. The summed E-state index contributed by atoms with van der Waals surface area (Å²) in [5.74, 6) is 0.625. The maximum atomic E-state index is 15.1. The Morgan fingerprint density at radius 1 is 0.377 bits per heavy atom. The Hall–Kier alpha value is -7.44. The second kappa shape index (κ2) is 15.3. The topological polar surface area (TPSA) is 81.5 Å². The standard InChI is InChI=1S/C53H34N5OPS/c59-60(41-20-9-3-10-21-41,42-22-11-4-12-23-42)43-27-24-35(25-28-43)47-34-48(56-53(55-47)37-16-7-2-8-17-37)40-19-13-18-38(32-40)39-26-29-44-49(33-39)54-51(36-14-5-1-6-15-36)45-30-31-46-52(50(44)45)58-61-57-46/h1-34H. The molecule has 11 rings (SSSR count). The number of benzene rings is 8. The highest BCUT2D eigenvalue weighted by Gasteiger charge is 2.29. The van der Waals surface area contributed by atoms with Crippen molar-refractivity contribution < 1.29 is 4.57 Å². The summed E-state index contributed by atoms with van der Waals surface area (Å²) in [4.78, 5) is 15.5. The van der Waals surface area contributed by atoms with Crippen molar-refractivity contribution in [3.8, 4) is 56.3 Å². The fourth-order valence-corrected chi connectivity index (χ4v) is 11.4. The van der Waals surface area contributed by atoms with E-state index in [-0.39, 0.29) is 0 Å². The first-order valence-electron chi connectivity index (χ1n) is 20.0. The van der Waals surface area contributed by atoms with Crippen LogP contribution < -0.4 is 15.9 Å². The minimum atomic E-state index is -3.13. The summed E-state index contributed by atoms with van der Waals surface area (Å²) < 4.78 is 24.4. The number of nitrogens with zero attached hydrogens (tertiary/aromatic N) is 5. The molecule has 0 amide bonds. The zero-order chi connectivity index (χ0) is 40.8. The van der Waals surface area contributed by atoms with Crippen LogP contribution in [0.1, 0.15) is 0 Å². The quantitative estimate of drug-likeness (QED) is 0.112. The van der Waals surface area contributed by atoms with E-state index >= 15 is 4.57 Å². The maximum absolute atomic E-state index is 15.1. The van der Waals surface area contributed by atoms with Gasteiger partial charge in [-0.3, -0.25) is 0 Å². The molecule has 0 aliphatic heterocycles. The summed E-state index contributed by atoms with van der Waals surface area (Å²) >= 11 is 1.23. The summed E-state index contributed by atoms with van der Waals surface area (Å²) in [6.07, 6.45) is 0. The van der Waals surface area contributed by atoms with Crippen LogP contribution in [0, 0.1) is 0 Å². The van der Waals surface area contributed by atoms with Gasteiger partial charge in [-0.15, -0.1) is 0 Å². The molecule has 8 aromatic carbocycles. The summed E-state index contributed by atoms with van der Waals surface area (Å²) in [6, 6.07) is 69.1. The Morgan fingerprint density at radius 2 is 0.918 bits per heavy atom. The number of hydrogen-bond acceptors (Lipinski definition) is 7. The van der Waals surface area contributed by atoms with Crippen molar-refractivity contribution in [1.82, 2.24) is 23.7 Å². The van der Waals surface area contributed by atoms with E-state index in [0.29, 0.717) is 5.82 Å². The first kappa shape index (κ1) is 36.6. The first-order chi connectivity index (χ1) is 30.1. The number of fused-ring (bicyclic) bond motifs is 5. The Morgan fingerprint density at radius 3 is 1.61 bits per heavy atom. The third-order valence-electron chi connectivity index (χ3n) is 11.2. The molecule has 8 heteroatoms. The Bertz CT molecular complexity index is 3390. The lowest BCUT2D eigenvalue weighted by Crippen LogP contribution is -2.24. The molecule has 0 spiro atoms. The zero-order valence-electron chi connectivity index (χ0n) is 32.6. The van der Waals surface area contributed by atoms with Crippen LogP contribution in [-0.4, -0.2) is 23.7 Å². The number of hydrogen-bond donors (Lipinski definition) is 0. The van der Waals surface area contributed by atoms with Gasteiger partial charge in [-0.1, -0.05) is 176 Å². The van der Waals surface area contributed by atoms with Gasteiger partial charge >= 0.3 is 0 Å². The van der Waals surface area contributed by atoms with Crippen LogP contribution in [0.15, 0.2) is 206 Å². The lowest BCUT2D eigenvalue weighted by atomic mass is 9.96. The van der Waals surface area contributed by atoms with Gasteiger partial charge in [-0.25, -0.2) is 15.0 Å². The monoisotopic (exact) mass is 819 g/mol. The van der Waals surface area contributed by atoms with Crippen LogP contribution in [0.5, 0.6) is 0 Å². The van der Waals surface area contributed by atoms with Gasteiger partial charge in [0, 0.05) is 54.3 Å². The smallest absolute Gasteiger partial charge is 0.171 e. The predicted octanol–water partition coefficient (Wildman–Crippen LogP) is 12.2. The maximum Gasteiger partial charge on any atom is 0.171 e. The Balaban J connectivity index is 1.02. The van der Waals surface area contributed by atoms with Gasteiger partial charge in [0.05, 0.1) is 34.3 Å². The summed E-state index contributed by atoms with van der Waals surface area (Å²) in [6.45, 7) is 0. The minimum absolute atomic E-state index is 0.625. The summed E-state index contributed by atoms with van der Waals surface area (Å²) in [7, 11) is -3.13. The molecule has 0 N–H and O–H groups in total. The molecule has 0 bridgehead atoms. The molecular weight excluding hydrogens is 786 g/mol. The normalized spacial score (nSPS) is 11.7. The summed E-state index contributed by atoms with van der Waals surface area (Å²) in [5, 5.41) is 5.51. The molecule has 3 heterocycles. The molecule has 3 aromatic heterocycles. The van der Waals surface area contributed by atoms with E-state index in [4.69, 9.17) is 19.3 Å². The molecule has 0 saturated carbocycles. The number of pyridine rings is 1. The van der Waals surface area contributed by atoms with Crippen LogP contribution in [0.25, 0.3) is 89.0 Å². The fraction of sp³-hybridized carbons (Fsp3) is 0. The SMILES string of the molecule is O=P(c1ccccc1)(c1ccccc1)c1ccc(-c2cc(-c3cccc(-c4ccc5c(c4)nc(-c4ccccc4)c4ccc6nsnc6c45)c3)nc(-c3ccccc3)n2)cc1. The van der Waals surface area contributed by atoms with Crippen molar-refractivity contribution in [3.63, 3.8) is 0 Å². The van der Waals surface area contributed by atoms with E-state index in [1.165, 1.54) is 11.7 Å². The van der Waals surface area contributed by atoms with Crippen molar-refractivity contribution in [1.29, 1.82) is 0 Å². The molecular formula is C53H34N5OPS. The van der Waals surface area contributed by atoms with Gasteiger partial charge in [0.25, 0.3) is 0 Å². The van der Waals surface area contributed by atoms with Gasteiger partial charge in [0.1, 0.15) is 11.0 Å². The third-order valence-corrected chi connectivity index (χ3v) is 14.9. The van der Waals surface area contributed by atoms with E-state index in [0.717, 1.165) is 99.1 Å². The molecule has 11 aromatic rings. The third kappa shape index (κ3) is 6.61. The second-order valence-electron chi connectivity index (χ2n) is 14.9. The van der Waals surface area contributed by atoms with E-state index in [9.17, 15) is 0 Å². The van der Waals surface area contributed by atoms with Crippen LogP contribution in [0.4, 0.5) is 0 Å². The lowest BCUT2D eigenvalue weighted by Gasteiger charge is -2.20. The summed E-state index contributed by atoms with van der Waals surface area (Å²) in [5.41, 5.74) is 11.1. The molecule has 0 atom stereocenters. The van der Waals surface area contributed by atoms with Gasteiger partial charge in [-0.05, 0) is 41.5 Å². The fourth-order valence-electron chi connectivity index (χ4n) is 8.22. The molecule has 6 nitrogen and oxygen atoms in total. The van der Waals surface area contributed by atoms with Crippen molar-refractivity contribution in [3.05, 3.63) is 206 Å².